The Labute approximate surface area is 187 Å². The minimum Gasteiger partial charge on any atom is -0.495 e. The van der Waals surface area contributed by atoms with Gasteiger partial charge < -0.3 is 19.5 Å². The second-order valence-electron chi connectivity index (χ2n) is 7.78. The third-order valence-corrected chi connectivity index (χ3v) is 5.48. The third kappa shape index (κ3) is 5.07. The fraction of sp³-hybridized carbons (Fsp3) is 0.364. The zero-order valence-electron chi connectivity index (χ0n) is 18.0. The number of piperidine rings is 1. The van der Waals surface area contributed by atoms with E-state index in [1.165, 1.54) is 6.07 Å². The second-order valence-corrected chi connectivity index (χ2v) is 7.78. The molecule has 4 rings (SSSR count). The zero-order valence-corrected chi connectivity index (χ0v) is 18.0. The van der Waals surface area contributed by atoms with Gasteiger partial charge in [-0.15, -0.1) is 0 Å². The van der Waals surface area contributed by atoms with E-state index >= 15 is 0 Å². The van der Waals surface area contributed by atoms with Crippen LogP contribution < -0.4 is 10.1 Å². The second kappa shape index (κ2) is 9.08. The monoisotopic (exact) mass is 461 g/mol. The number of amides is 2. The molecule has 1 aromatic carbocycles. The number of carbonyl (C=O) groups excluding carboxylic acids is 1. The van der Waals surface area contributed by atoms with Gasteiger partial charge in [-0.1, -0.05) is 11.2 Å². The fourth-order valence-corrected chi connectivity index (χ4v) is 3.66. The van der Waals surface area contributed by atoms with E-state index in [2.05, 4.69) is 20.4 Å². The van der Waals surface area contributed by atoms with Crippen molar-refractivity contribution in [3.05, 3.63) is 53.7 Å². The summed E-state index contributed by atoms with van der Waals surface area (Å²) < 4.78 is 48.7. The van der Waals surface area contributed by atoms with Crippen molar-refractivity contribution >= 4 is 11.7 Å². The number of aromatic nitrogens is 3. The molecule has 8 nitrogen and oxygen atoms in total. The molecular formula is C22H22F3N5O3. The van der Waals surface area contributed by atoms with Crippen LogP contribution in [0.2, 0.25) is 0 Å². The van der Waals surface area contributed by atoms with Crippen molar-refractivity contribution in [2.24, 2.45) is 0 Å². The van der Waals surface area contributed by atoms with Crippen LogP contribution in [-0.2, 0) is 6.18 Å². The Balaban J connectivity index is 1.36. The van der Waals surface area contributed by atoms with E-state index in [4.69, 9.17) is 9.26 Å². The van der Waals surface area contributed by atoms with E-state index in [0.29, 0.717) is 48.8 Å². The Morgan fingerprint density at radius 2 is 1.97 bits per heavy atom. The Morgan fingerprint density at radius 1 is 1.21 bits per heavy atom. The molecule has 2 aromatic heterocycles. The summed E-state index contributed by atoms with van der Waals surface area (Å²) in [4.78, 5) is 22.2. The lowest BCUT2D eigenvalue weighted by Crippen LogP contribution is -2.40. The van der Waals surface area contributed by atoms with Crippen molar-refractivity contribution in [3.63, 3.8) is 0 Å². The van der Waals surface area contributed by atoms with Gasteiger partial charge in [0.05, 0.1) is 12.8 Å². The Bertz CT molecular complexity index is 1120. The van der Waals surface area contributed by atoms with E-state index in [1.807, 2.05) is 19.1 Å². The summed E-state index contributed by atoms with van der Waals surface area (Å²) in [5, 5.41) is 6.77. The number of aryl methyl sites for hydroxylation is 1. The number of likely N-dealkylation sites (tertiary alicyclic amines) is 1. The number of hydrogen-bond donors (Lipinski definition) is 1. The summed E-state index contributed by atoms with van der Waals surface area (Å²) in [5.41, 5.74) is 0.961. The maximum Gasteiger partial charge on any atom is 0.433 e. The predicted molar refractivity (Wildman–Crippen MR) is 113 cm³/mol. The number of benzene rings is 1. The molecule has 1 aliphatic rings. The highest BCUT2D eigenvalue weighted by atomic mass is 19.4. The van der Waals surface area contributed by atoms with Crippen LogP contribution in [0, 0.1) is 6.92 Å². The molecule has 2 amide bonds. The highest BCUT2D eigenvalue weighted by Crippen LogP contribution is 2.31. The Kier molecular flexibility index (Phi) is 6.21. The largest absolute Gasteiger partial charge is 0.495 e. The molecule has 1 fully saturated rings. The van der Waals surface area contributed by atoms with Gasteiger partial charge in [0, 0.05) is 30.8 Å². The van der Waals surface area contributed by atoms with Gasteiger partial charge >= 0.3 is 12.2 Å². The van der Waals surface area contributed by atoms with Crippen molar-refractivity contribution in [3.8, 4) is 17.1 Å². The van der Waals surface area contributed by atoms with Gasteiger partial charge in [0.15, 0.2) is 0 Å². The van der Waals surface area contributed by atoms with Crippen LogP contribution in [0.15, 0.2) is 41.1 Å². The van der Waals surface area contributed by atoms with E-state index in [1.54, 1.807) is 18.1 Å². The number of alkyl halides is 3. The van der Waals surface area contributed by atoms with Gasteiger partial charge in [0.1, 0.15) is 11.4 Å². The number of ether oxygens (including phenoxy) is 1. The molecule has 0 atom stereocenters. The van der Waals surface area contributed by atoms with Crippen LogP contribution in [0.5, 0.6) is 5.75 Å². The molecule has 0 radical (unpaired) electrons. The van der Waals surface area contributed by atoms with Crippen LogP contribution in [-0.4, -0.2) is 46.3 Å². The topological polar surface area (TPSA) is 93.4 Å². The minimum atomic E-state index is -4.51. The van der Waals surface area contributed by atoms with Crippen LogP contribution in [0.3, 0.4) is 0 Å². The number of carbonyl (C=O) groups is 1. The van der Waals surface area contributed by atoms with Crippen molar-refractivity contribution in [2.45, 2.75) is 31.9 Å². The van der Waals surface area contributed by atoms with Gasteiger partial charge in [0.2, 0.25) is 11.7 Å². The molecule has 0 aliphatic carbocycles. The third-order valence-electron chi connectivity index (χ3n) is 5.48. The number of rotatable bonds is 4. The van der Waals surface area contributed by atoms with Crippen LogP contribution in [0.25, 0.3) is 11.4 Å². The van der Waals surface area contributed by atoms with Crippen LogP contribution in [0.1, 0.15) is 35.9 Å². The summed E-state index contributed by atoms with van der Waals surface area (Å²) in [6.45, 7) is 2.91. The number of anilines is 1. The first kappa shape index (κ1) is 22.6. The minimum absolute atomic E-state index is 0.0498. The van der Waals surface area contributed by atoms with E-state index < -0.39 is 11.9 Å². The lowest BCUT2D eigenvalue weighted by molar-refractivity contribution is -0.141. The van der Waals surface area contributed by atoms with Gasteiger partial charge in [-0.05, 0) is 49.6 Å². The Hall–Kier alpha value is -3.63. The molecule has 0 bridgehead atoms. The zero-order chi connectivity index (χ0) is 23.6. The summed E-state index contributed by atoms with van der Waals surface area (Å²) in [5.74, 6) is 1.11. The number of pyridine rings is 1. The molecule has 1 saturated heterocycles. The highest BCUT2D eigenvalue weighted by molar-refractivity contribution is 5.91. The smallest absolute Gasteiger partial charge is 0.433 e. The summed E-state index contributed by atoms with van der Waals surface area (Å²) in [6.07, 6.45) is -2.20. The predicted octanol–water partition coefficient (Wildman–Crippen LogP) is 4.88. The molecule has 1 aliphatic heterocycles. The van der Waals surface area contributed by atoms with Gasteiger partial charge in [0.25, 0.3) is 0 Å². The number of halogens is 3. The standard InChI is InChI=1S/C22H22F3N5O3/c1-13-3-5-17(32-2)16(11-13)27-21(31)30-9-7-14(8-10-30)20-28-19(29-33-20)15-4-6-18(26-12-15)22(23,24)25/h3-6,11-12,14H,7-10H2,1-2H3,(H,27,31). The first-order chi connectivity index (χ1) is 15.7. The SMILES string of the molecule is COc1ccc(C)cc1NC(=O)N1CCC(c2nc(-c3ccc(C(F)(F)F)nc3)no2)CC1. The van der Waals surface area contributed by atoms with Crippen molar-refractivity contribution < 1.29 is 27.2 Å². The number of urea groups is 1. The fourth-order valence-electron chi connectivity index (χ4n) is 3.66. The van der Waals surface area contributed by atoms with E-state index in [-0.39, 0.29) is 17.8 Å². The van der Waals surface area contributed by atoms with Crippen LogP contribution >= 0.6 is 0 Å². The van der Waals surface area contributed by atoms with Crippen molar-refractivity contribution in [1.29, 1.82) is 0 Å². The molecule has 0 unspecified atom stereocenters. The highest BCUT2D eigenvalue weighted by Gasteiger charge is 2.32. The first-order valence-corrected chi connectivity index (χ1v) is 10.3. The molecule has 3 aromatic rings. The normalized spacial score (nSPS) is 14.9. The quantitative estimate of drug-likeness (QED) is 0.595. The van der Waals surface area contributed by atoms with Crippen molar-refractivity contribution in [2.75, 3.05) is 25.5 Å². The van der Waals surface area contributed by atoms with Gasteiger partial charge in [-0.2, -0.15) is 18.2 Å². The summed E-state index contributed by atoms with van der Waals surface area (Å²) in [7, 11) is 1.55. The lowest BCUT2D eigenvalue weighted by Gasteiger charge is -2.30. The molecular weight excluding hydrogens is 439 g/mol. The maximum absolute atomic E-state index is 12.7. The maximum atomic E-state index is 12.7. The molecule has 0 saturated carbocycles. The Morgan fingerprint density at radius 3 is 2.61 bits per heavy atom. The van der Waals surface area contributed by atoms with E-state index in [0.717, 1.165) is 17.8 Å². The molecule has 0 spiro atoms. The number of methoxy groups -OCH3 is 1. The average molecular weight is 461 g/mol. The van der Waals surface area contributed by atoms with E-state index in [9.17, 15) is 18.0 Å². The molecule has 33 heavy (non-hydrogen) atoms. The first-order valence-electron chi connectivity index (χ1n) is 10.3. The average Bonchev–Trinajstić information content (AvgIpc) is 3.29. The molecule has 174 valence electrons. The molecule has 1 N–H and O–H groups in total. The van der Waals surface area contributed by atoms with Crippen LogP contribution in [0.4, 0.5) is 23.7 Å². The lowest BCUT2D eigenvalue weighted by atomic mass is 9.97. The molecule has 3 heterocycles. The number of nitrogens with zero attached hydrogens (tertiary/aromatic N) is 4. The number of hydrogen-bond acceptors (Lipinski definition) is 6. The number of nitrogens with one attached hydrogen (secondary N) is 1. The summed E-state index contributed by atoms with van der Waals surface area (Å²) >= 11 is 0. The molecule has 11 heteroatoms. The van der Waals surface area contributed by atoms with Gasteiger partial charge in [-0.3, -0.25) is 4.98 Å². The van der Waals surface area contributed by atoms with Crippen molar-refractivity contribution in [1.82, 2.24) is 20.0 Å². The summed E-state index contributed by atoms with van der Waals surface area (Å²) in [6, 6.07) is 7.47. The van der Waals surface area contributed by atoms with Gasteiger partial charge in [-0.25, -0.2) is 4.79 Å².